The van der Waals surface area contributed by atoms with Gasteiger partial charge in [0.15, 0.2) is 0 Å². The summed E-state index contributed by atoms with van der Waals surface area (Å²) >= 11 is 0. The molecule has 0 fully saturated rings. The molecule has 2 rings (SSSR count). The molecule has 3 heteroatoms. The van der Waals surface area contributed by atoms with Crippen molar-refractivity contribution in [3.05, 3.63) is 65.7 Å². The highest BCUT2D eigenvalue weighted by Crippen LogP contribution is 2.14. The number of phenolic OH excluding ortho intramolecular Hbond substituents is 1. The first kappa shape index (κ1) is 13.1. The van der Waals surface area contributed by atoms with E-state index in [1.807, 2.05) is 36.4 Å². The van der Waals surface area contributed by atoms with Crippen LogP contribution in [0.5, 0.6) is 5.75 Å². The Morgan fingerprint density at radius 1 is 1.00 bits per heavy atom. The maximum atomic E-state index is 11.7. The number of carbonyl (C=O) groups excluding carboxylic acids is 1. The van der Waals surface area contributed by atoms with Gasteiger partial charge in [-0.25, -0.2) is 0 Å². The van der Waals surface area contributed by atoms with Crippen molar-refractivity contribution >= 4 is 5.91 Å². The standard InChI is InChI=1S/C16H17NO2/c18-15-9-5-4-8-14(15)12-17-16(19)11-10-13-6-2-1-3-7-13/h1-9,18H,10-12H2,(H,17,19). The number of carbonyl (C=O) groups is 1. The van der Waals surface area contributed by atoms with Crippen molar-refractivity contribution in [3.8, 4) is 5.75 Å². The molecule has 0 heterocycles. The summed E-state index contributed by atoms with van der Waals surface area (Å²) in [4.78, 5) is 11.7. The number of phenols is 1. The second kappa shape index (κ2) is 6.59. The zero-order chi connectivity index (χ0) is 13.5. The monoisotopic (exact) mass is 255 g/mol. The number of amides is 1. The predicted molar refractivity (Wildman–Crippen MR) is 74.7 cm³/mol. The molecule has 0 aromatic heterocycles. The van der Waals surface area contributed by atoms with Crippen molar-refractivity contribution < 1.29 is 9.90 Å². The Hall–Kier alpha value is -2.29. The summed E-state index contributed by atoms with van der Waals surface area (Å²) in [5.74, 6) is 0.206. The van der Waals surface area contributed by atoms with E-state index in [-0.39, 0.29) is 11.7 Å². The van der Waals surface area contributed by atoms with Crippen molar-refractivity contribution in [2.45, 2.75) is 19.4 Å². The smallest absolute Gasteiger partial charge is 0.220 e. The summed E-state index contributed by atoms with van der Waals surface area (Å²) in [5.41, 5.74) is 1.88. The van der Waals surface area contributed by atoms with Gasteiger partial charge in [0.1, 0.15) is 5.75 Å². The van der Waals surface area contributed by atoms with Crippen molar-refractivity contribution in [2.24, 2.45) is 0 Å². The Kier molecular flexibility index (Phi) is 4.56. The quantitative estimate of drug-likeness (QED) is 0.863. The van der Waals surface area contributed by atoms with E-state index in [2.05, 4.69) is 5.32 Å². The highest BCUT2D eigenvalue weighted by atomic mass is 16.3. The van der Waals surface area contributed by atoms with E-state index in [4.69, 9.17) is 0 Å². The number of aromatic hydroxyl groups is 1. The molecule has 1 amide bonds. The summed E-state index contributed by atoms with van der Waals surface area (Å²) in [6.07, 6.45) is 1.19. The molecule has 19 heavy (non-hydrogen) atoms. The van der Waals surface area contributed by atoms with Crippen molar-refractivity contribution in [1.82, 2.24) is 5.32 Å². The molecular formula is C16H17NO2. The largest absolute Gasteiger partial charge is 0.508 e. The fraction of sp³-hybridized carbons (Fsp3) is 0.188. The Morgan fingerprint density at radius 3 is 2.42 bits per heavy atom. The Morgan fingerprint density at radius 2 is 1.68 bits per heavy atom. The molecule has 0 bridgehead atoms. The molecule has 0 atom stereocenters. The highest BCUT2D eigenvalue weighted by molar-refractivity contribution is 5.76. The lowest BCUT2D eigenvalue weighted by Crippen LogP contribution is -2.23. The Labute approximate surface area is 112 Å². The summed E-state index contributed by atoms with van der Waals surface area (Å²) in [5, 5.41) is 12.4. The molecule has 0 saturated heterocycles. The van der Waals surface area contributed by atoms with Gasteiger partial charge in [0.2, 0.25) is 5.91 Å². The average Bonchev–Trinajstić information content (AvgIpc) is 2.45. The Balaban J connectivity index is 1.78. The average molecular weight is 255 g/mol. The molecule has 3 nitrogen and oxygen atoms in total. The van der Waals surface area contributed by atoms with E-state index in [0.29, 0.717) is 13.0 Å². The fourth-order valence-electron chi connectivity index (χ4n) is 1.85. The molecule has 2 N–H and O–H groups in total. The number of hydrogen-bond acceptors (Lipinski definition) is 2. The van der Waals surface area contributed by atoms with Crippen molar-refractivity contribution in [1.29, 1.82) is 0 Å². The molecule has 0 spiro atoms. The number of benzene rings is 2. The SMILES string of the molecule is O=C(CCc1ccccc1)NCc1ccccc1O. The minimum Gasteiger partial charge on any atom is -0.508 e. The summed E-state index contributed by atoms with van der Waals surface area (Å²) in [7, 11) is 0. The normalized spacial score (nSPS) is 10.1. The van der Waals surface area contributed by atoms with E-state index < -0.39 is 0 Å². The van der Waals surface area contributed by atoms with Crippen LogP contribution < -0.4 is 5.32 Å². The molecule has 0 radical (unpaired) electrons. The van der Waals surface area contributed by atoms with Gasteiger partial charge in [0.25, 0.3) is 0 Å². The molecule has 0 aliphatic heterocycles. The topological polar surface area (TPSA) is 49.3 Å². The van der Waals surface area contributed by atoms with Gasteiger partial charge in [-0.2, -0.15) is 0 Å². The van der Waals surface area contributed by atoms with Crippen LogP contribution in [0, 0.1) is 0 Å². The predicted octanol–water partition coefficient (Wildman–Crippen LogP) is 2.64. The van der Waals surface area contributed by atoms with Gasteiger partial charge in [-0.05, 0) is 18.1 Å². The van der Waals surface area contributed by atoms with Gasteiger partial charge in [0.05, 0.1) is 0 Å². The molecule has 0 aliphatic carbocycles. The molecule has 0 saturated carbocycles. The van der Waals surface area contributed by atoms with Crippen LogP contribution in [0.2, 0.25) is 0 Å². The van der Waals surface area contributed by atoms with Gasteiger partial charge in [0, 0.05) is 18.5 Å². The number of nitrogens with one attached hydrogen (secondary N) is 1. The third kappa shape index (κ3) is 4.14. The third-order valence-electron chi connectivity index (χ3n) is 2.95. The minimum atomic E-state index is -0.00731. The first-order chi connectivity index (χ1) is 9.25. The van der Waals surface area contributed by atoms with E-state index in [9.17, 15) is 9.90 Å². The van der Waals surface area contributed by atoms with Gasteiger partial charge in [-0.3, -0.25) is 4.79 Å². The van der Waals surface area contributed by atoms with Crippen molar-refractivity contribution in [3.63, 3.8) is 0 Å². The van der Waals surface area contributed by atoms with E-state index in [1.54, 1.807) is 18.2 Å². The lowest BCUT2D eigenvalue weighted by Gasteiger charge is -2.07. The van der Waals surface area contributed by atoms with E-state index >= 15 is 0 Å². The van der Waals surface area contributed by atoms with Gasteiger partial charge >= 0.3 is 0 Å². The molecule has 98 valence electrons. The maximum Gasteiger partial charge on any atom is 0.220 e. The van der Waals surface area contributed by atoms with Crippen LogP contribution in [0.3, 0.4) is 0 Å². The van der Waals surface area contributed by atoms with Crippen LogP contribution in [0.15, 0.2) is 54.6 Å². The van der Waals surface area contributed by atoms with Crippen molar-refractivity contribution in [2.75, 3.05) is 0 Å². The number of aryl methyl sites for hydroxylation is 1. The Bertz CT molecular complexity index is 537. The van der Waals surface area contributed by atoms with Crippen LogP contribution in [0.1, 0.15) is 17.5 Å². The highest BCUT2D eigenvalue weighted by Gasteiger charge is 2.04. The van der Waals surface area contributed by atoms with E-state index in [1.165, 1.54) is 0 Å². The number of hydrogen-bond donors (Lipinski definition) is 2. The number of rotatable bonds is 5. The van der Waals surface area contributed by atoms with Gasteiger partial charge in [-0.15, -0.1) is 0 Å². The van der Waals surface area contributed by atoms with Gasteiger partial charge < -0.3 is 10.4 Å². The van der Waals surface area contributed by atoms with Crippen LogP contribution in [-0.4, -0.2) is 11.0 Å². The summed E-state index contributed by atoms with van der Waals surface area (Å²) in [6, 6.07) is 16.9. The lowest BCUT2D eigenvalue weighted by atomic mass is 10.1. The van der Waals surface area contributed by atoms with Gasteiger partial charge in [-0.1, -0.05) is 48.5 Å². The fourth-order valence-corrected chi connectivity index (χ4v) is 1.85. The van der Waals surface area contributed by atoms with Crippen LogP contribution in [-0.2, 0) is 17.8 Å². The second-order valence-electron chi connectivity index (χ2n) is 4.39. The summed E-state index contributed by atoms with van der Waals surface area (Å²) < 4.78 is 0. The lowest BCUT2D eigenvalue weighted by molar-refractivity contribution is -0.121. The van der Waals surface area contributed by atoms with Crippen LogP contribution in [0.4, 0.5) is 0 Å². The molecule has 2 aromatic rings. The van der Waals surface area contributed by atoms with Crippen LogP contribution in [0.25, 0.3) is 0 Å². The number of para-hydroxylation sites is 1. The molecule has 2 aromatic carbocycles. The first-order valence-corrected chi connectivity index (χ1v) is 6.33. The minimum absolute atomic E-state index is 0.00731. The second-order valence-corrected chi connectivity index (χ2v) is 4.39. The zero-order valence-electron chi connectivity index (χ0n) is 10.7. The molecule has 0 unspecified atom stereocenters. The first-order valence-electron chi connectivity index (χ1n) is 6.33. The maximum absolute atomic E-state index is 11.7. The third-order valence-corrected chi connectivity index (χ3v) is 2.95. The van der Waals surface area contributed by atoms with Crippen LogP contribution >= 0.6 is 0 Å². The molecular weight excluding hydrogens is 238 g/mol. The summed E-state index contributed by atoms with van der Waals surface area (Å²) in [6.45, 7) is 0.361. The zero-order valence-corrected chi connectivity index (χ0v) is 10.7. The van der Waals surface area contributed by atoms with E-state index in [0.717, 1.165) is 17.5 Å². The molecule has 0 aliphatic rings.